The van der Waals surface area contributed by atoms with Gasteiger partial charge in [0.25, 0.3) is 11.8 Å². The summed E-state index contributed by atoms with van der Waals surface area (Å²) in [5, 5.41) is 21.3. The normalized spacial score (nSPS) is 23.1. The summed E-state index contributed by atoms with van der Waals surface area (Å²) in [6.45, 7) is -0.377. The van der Waals surface area contributed by atoms with Crippen LogP contribution in [0.2, 0.25) is 5.02 Å². The van der Waals surface area contributed by atoms with Gasteiger partial charge in [-0.1, -0.05) is 54.8 Å². The summed E-state index contributed by atoms with van der Waals surface area (Å²) >= 11 is 7.54. The number of rotatable bonds is 10. The third-order valence-electron chi connectivity index (χ3n) is 7.94. The van der Waals surface area contributed by atoms with Crippen molar-refractivity contribution < 1.29 is 33.1 Å². The van der Waals surface area contributed by atoms with Crippen molar-refractivity contribution >= 4 is 44.8 Å². The Morgan fingerprint density at radius 3 is 2.60 bits per heavy atom. The van der Waals surface area contributed by atoms with E-state index < -0.39 is 52.7 Å². The van der Waals surface area contributed by atoms with Crippen LogP contribution in [0.4, 0.5) is 0 Å². The second kappa shape index (κ2) is 13.4. The Balaban J connectivity index is 1.51. The van der Waals surface area contributed by atoms with E-state index in [1.807, 2.05) is 0 Å². The average Bonchev–Trinajstić information content (AvgIpc) is 3.46. The molecule has 0 radical (unpaired) electrons. The number of fused-ring (bicyclic) bond motifs is 1. The Kier molecular flexibility index (Phi) is 9.86. The molecule has 1 aromatic heterocycles. The minimum atomic E-state index is -3.57. The van der Waals surface area contributed by atoms with Crippen molar-refractivity contribution in [3.05, 3.63) is 92.1 Å². The number of thiophene rings is 1. The summed E-state index contributed by atoms with van der Waals surface area (Å²) < 4.78 is 27.4. The first-order valence-electron chi connectivity index (χ1n) is 14.0. The molecule has 0 spiro atoms. The number of hydrogen-bond donors (Lipinski definition) is 4. The van der Waals surface area contributed by atoms with E-state index in [-0.39, 0.29) is 12.5 Å². The first kappa shape index (κ1) is 31.6. The molecule has 1 fully saturated rings. The van der Waals surface area contributed by atoms with E-state index in [4.69, 9.17) is 16.4 Å². The molecule has 5 rings (SSSR count). The lowest BCUT2D eigenvalue weighted by atomic mass is 9.76. The van der Waals surface area contributed by atoms with Crippen molar-refractivity contribution in [3.63, 3.8) is 0 Å². The topological polar surface area (TPSA) is 145 Å². The SMILES string of the molecule is CS(=O)(=O)N[C@H]1CCCC[C@@H]1N1C(=O)c2ccccc2[C@@H](C(=O)NOCc2cc(C(O)CO)cs2)[C@@H]1c1ccc(Cl)cc1. The van der Waals surface area contributed by atoms with Gasteiger partial charge < -0.3 is 15.1 Å². The number of nitrogens with one attached hydrogen (secondary N) is 2. The predicted molar refractivity (Wildman–Crippen MR) is 163 cm³/mol. The van der Waals surface area contributed by atoms with Crippen LogP contribution in [-0.2, 0) is 26.3 Å². The van der Waals surface area contributed by atoms with Gasteiger partial charge in [0.2, 0.25) is 10.0 Å². The maximum atomic E-state index is 14.2. The predicted octanol–water partition coefficient (Wildman–Crippen LogP) is 3.82. The number of carbonyl (C=O) groups excluding carboxylic acids is 2. The van der Waals surface area contributed by atoms with Gasteiger partial charge in [0.05, 0.1) is 24.8 Å². The summed E-state index contributed by atoms with van der Waals surface area (Å²) in [7, 11) is -3.57. The summed E-state index contributed by atoms with van der Waals surface area (Å²) in [5.41, 5.74) is 4.72. The number of aliphatic hydroxyl groups excluding tert-OH is 2. The largest absolute Gasteiger partial charge is 0.393 e. The van der Waals surface area contributed by atoms with Gasteiger partial charge >= 0.3 is 0 Å². The zero-order valence-corrected chi connectivity index (χ0v) is 25.9. The highest BCUT2D eigenvalue weighted by atomic mass is 35.5. The molecule has 1 aliphatic heterocycles. The average molecular weight is 648 g/mol. The van der Waals surface area contributed by atoms with Crippen LogP contribution in [0, 0.1) is 0 Å². The lowest BCUT2D eigenvalue weighted by Gasteiger charge is -2.49. The maximum absolute atomic E-state index is 14.2. The number of nitrogens with zero attached hydrogens (tertiary/aromatic N) is 1. The molecule has 4 N–H and O–H groups in total. The Labute approximate surface area is 259 Å². The van der Waals surface area contributed by atoms with E-state index in [2.05, 4.69) is 10.2 Å². The minimum absolute atomic E-state index is 0.0279. The van der Waals surface area contributed by atoms with Gasteiger partial charge in [-0.25, -0.2) is 18.6 Å². The number of halogens is 1. The molecule has 2 aliphatic rings. The first-order chi connectivity index (χ1) is 20.6. The molecule has 1 aliphatic carbocycles. The lowest BCUT2D eigenvalue weighted by Crippen LogP contribution is -2.59. The van der Waals surface area contributed by atoms with Crippen LogP contribution < -0.4 is 10.2 Å². The van der Waals surface area contributed by atoms with Crippen LogP contribution in [-0.4, -0.2) is 60.3 Å². The van der Waals surface area contributed by atoms with Crippen LogP contribution in [0.3, 0.4) is 0 Å². The molecule has 2 heterocycles. The minimum Gasteiger partial charge on any atom is -0.393 e. The van der Waals surface area contributed by atoms with E-state index in [1.165, 1.54) is 11.3 Å². The molecule has 230 valence electrons. The molecular weight excluding hydrogens is 614 g/mol. The molecule has 1 saturated carbocycles. The second-order valence-corrected chi connectivity index (χ2v) is 14.1. The third kappa shape index (κ3) is 7.12. The summed E-state index contributed by atoms with van der Waals surface area (Å²) in [4.78, 5) is 36.3. The number of benzene rings is 2. The van der Waals surface area contributed by atoms with Gasteiger partial charge in [-0.05, 0) is 59.2 Å². The number of hydrogen-bond acceptors (Lipinski definition) is 8. The molecular formula is C30H34ClN3O7S2. The van der Waals surface area contributed by atoms with Gasteiger partial charge in [-0.2, -0.15) is 0 Å². The monoisotopic (exact) mass is 647 g/mol. The fourth-order valence-electron chi connectivity index (χ4n) is 6.07. The third-order valence-corrected chi connectivity index (χ3v) is 9.85. The highest BCUT2D eigenvalue weighted by Crippen LogP contribution is 2.46. The van der Waals surface area contributed by atoms with E-state index in [1.54, 1.807) is 64.9 Å². The second-order valence-electron chi connectivity index (χ2n) is 10.9. The standard InChI is InChI=1S/C30H34ClN3O7S2/c1-43(39,40)33-24-8-4-5-9-25(24)34-28(18-10-12-20(31)13-11-18)27(22-6-2-3-7-23(22)30(34)38)29(37)32-41-16-21-14-19(17-42-21)26(36)15-35/h2-3,6-7,10-14,17,24-28,33,35-36H,4-5,8-9,15-16H2,1H3,(H,32,37)/t24-,25-,26?,27+,28-/m0/s1. The van der Waals surface area contributed by atoms with Crippen molar-refractivity contribution in [1.29, 1.82) is 0 Å². The van der Waals surface area contributed by atoms with E-state index in [9.17, 15) is 28.2 Å². The molecule has 2 aromatic carbocycles. The summed E-state index contributed by atoms with van der Waals surface area (Å²) in [6, 6.07) is 13.8. The molecule has 0 bridgehead atoms. The molecule has 13 heteroatoms. The van der Waals surface area contributed by atoms with Crippen molar-refractivity contribution in [2.45, 2.75) is 62.4 Å². The Morgan fingerprint density at radius 1 is 1.16 bits per heavy atom. The number of sulfonamides is 1. The number of amides is 2. The highest BCUT2D eigenvalue weighted by Gasteiger charge is 2.49. The van der Waals surface area contributed by atoms with E-state index in [0.29, 0.717) is 40.1 Å². The quantitative estimate of drug-likeness (QED) is 0.245. The molecule has 3 aromatic rings. The van der Waals surface area contributed by atoms with E-state index in [0.717, 1.165) is 24.0 Å². The molecule has 43 heavy (non-hydrogen) atoms. The highest BCUT2D eigenvalue weighted by molar-refractivity contribution is 7.88. The number of aliphatic hydroxyl groups is 2. The Bertz CT molecular complexity index is 1560. The fourth-order valence-corrected chi connectivity index (χ4v) is 7.86. The van der Waals surface area contributed by atoms with Crippen LogP contribution in [0.5, 0.6) is 0 Å². The summed E-state index contributed by atoms with van der Waals surface area (Å²) in [5.74, 6) is -1.63. The van der Waals surface area contributed by atoms with Gasteiger partial charge in [0.15, 0.2) is 0 Å². The fraction of sp³-hybridized carbons (Fsp3) is 0.400. The molecule has 2 amide bonds. The van der Waals surface area contributed by atoms with Crippen LogP contribution >= 0.6 is 22.9 Å². The summed E-state index contributed by atoms with van der Waals surface area (Å²) in [6.07, 6.45) is 2.85. The van der Waals surface area contributed by atoms with Gasteiger partial charge in [0, 0.05) is 27.5 Å². The number of carbonyl (C=O) groups is 2. The zero-order chi connectivity index (χ0) is 30.7. The van der Waals surface area contributed by atoms with Gasteiger partial charge in [0.1, 0.15) is 12.7 Å². The molecule has 10 nitrogen and oxygen atoms in total. The van der Waals surface area contributed by atoms with Gasteiger partial charge in [-0.15, -0.1) is 11.3 Å². The Hall–Kier alpha value is -2.84. The zero-order valence-electron chi connectivity index (χ0n) is 23.5. The molecule has 5 atom stereocenters. The van der Waals surface area contributed by atoms with Crippen LogP contribution in [0.1, 0.15) is 75.7 Å². The van der Waals surface area contributed by atoms with Crippen molar-refractivity contribution in [1.82, 2.24) is 15.1 Å². The smallest absolute Gasteiger partial charge is 0.255 e. The van der Waals surface area contributed by atoms with Crippen molar-refractivity contribution in [3.8, 4) is 0 Å². The maximum Gasteiger partial charge on any atom is 0.255 e. The van der Waals surface area contributed by atoms with Crippen molar-refractivity contribution in [2.75, 3.05) is 12.9 Å². The first-order valence-corrected chi connectivity index (χ1v) is 17.1. The van der Waals surface area contributed by atoms with Crippen molar-refractivity contribution in [2.24, 2.45) is 0 Å². The van der Waals surface area contributed by atoms with Crippen LogP contribution in [0.25, 0.3) is 0 Å². The molecule has 1 unspecified atom stereocenters. The lowest BCUT2D eigenvalue weighted by molar-refractivity contribution is -0.138. The molecule has 0 saturated heterocycles. The van der Waals surface area contributed by atoms with Gasteiger partial charge in [-0.3, -0.25) is 14.4 Å². The Morgan fingerprint density at radius 2 is 1.88 bits per heavy atom. The number of hydroxylamine groups is 1. The van der Waals surface area contributed by atoms with E-state index >= 15 is 0 Å². The van der Waals surface area contributed by atoms with Crippen LogP contribution in [0.15, 0.2) is 60.0 Å².